The molecule has 0 spiro atoms. The van der Waals surface area contributed by atoms with Crippen LogP contribution in [0.15, 0.2) is 36.7 Å². The number of nitrogens with one attached hydrogen (secondary N) is 1. The third-order valence-corrected chi connectivity index (χ3v) is 4.87. The number of nitrogens with zero attached hydrogens (tertiary/aromatic N) is 4. The number of carbonyl (C=O) groups excluding carboxylic acids is 1. The first-order chi connectivity index (χ1) is 11.7. The van der Waals surface area contributed by atoms with Crippen LogP contribution < -0.4 is 15.3 Å². The van der Waals surface area contributed by atoms with Crippen molar-refractivity contribution < 1.29 is 10.0 Å². The number of amides is 1. The third-order valence-electron chi connectivity index (χ3n) is 4.87. The molecule has 0 aliphatic carbocycles. The Balaban J connectivity index is 1.48. The molecule has 3 heterocycles. The van der Waals surface area contributed by atoms with Gasteiger partial charge in [0.05, 0.1) is 11.6 Å². The van der Waals surface area contributed by atoms with Crippen LogP contribution in [0.4, 0.5) is 11.6 Å². The number of aryl methyl sites for hydroxylation is 1. The van der Waals surface area contributed by atoms with Gasteiger partial charge in [0.15, 0.2) is 0 Å². The zero-order valence-electron chi connectivity index (χ0n) is 13.4. The second-order valence-electron chi connectivity index (χ2n) is 6.40. The van der Waals surface area contributed by atoms with Gasteiger partial charge in [-0.3, -0.25) is 10.0 Å². The van der Waals surface area contributed by atoms with Gasteiger partial charge < -0.3 is 9.80 Å². The number of aromatic nitrogens is 2. The Morgan fingerprint density at radius 3 is 2.33 bits per heavy atom. The van der Waals surface area contributed by atoms with Crippen LogP contribution >= 0.6 is 0 Å². The van der Waals surface area contributed by atoms with Gasteiger partial charge in [-0.25, -0.2) is 15.4 Å². The molecule has 2 aromatic rings. The maximum absolute atomic E-state index is 11.3. The van der Waals surface area contributed by atoms with Crippen molar-refractivity contribution in [1.82, 2.24) is 15.4 Å². The molecule has 1 amide bonds. The van der Waals surface area contributed by atoms with Gasteiger partial charge in [0.25, 0.3) is 5.91 Å². The topological polar surface area (TPSA) is 81.6 Å². The van der Waals surface area contributed by atoms with Crippen molar-refractivity contribution in [3.63, 3.8) is 0 Å². The second-order valence-corrected chi connectivity index (χ2v) is 6.40. The van der Waals surface area contributed by atoms with E-state index in [2.05, 4.69) is 51.0 Å². The summed E-state index contributed by atoms with van der Waals surface area (Å²) in [4.78, 5) is 24.6. The highest BCUT2D eigenvalue weighted by atomic mass is 16.5. The lowest BCUT2D eigenvalue weighted by Gasteiger charge is -2.35. The van der Waals surface area contributed by atoms with E-state index in [0.717, 1.165) is 19.5 Å². The molecule has 2 atom stereocenters. The molecule has 2 aliphatic heterocycles. The van der Waals surface area contributed by atoms with Crippen molar-refractivity contribution >= 4 is 17.5 Å². The summed E-state index contributed by atoms with van der Waals surface area (Å²) in [7, 11) is 0. The first kappa shape index (κ1) is 14.9. The molecule has 0 saturated carbocycles. The maximum atomic E-state index is 11.3. The van der Waals surface area contributed by atoms with Crippen LogP contribution in [0.2, 0.25) is 0 Å². The number of hydrogen-bond donors (Lipinski definition) is 2. The smallest absolute Gasteiger partial charge is 0.277 e. The number of hydroxylamine groups is 1. The lowest BCUT2D eigenvalue weighted by molar-refractivity contribution is 0.0705. The van der Waals surface area contributed by atoms with E-state index >= 15 is 0 Å². The molecule has 4 rings (SSSR count). The molecule has 0 unspecified atom stereocenters. The lowest BCUT2D eigenvalue weighted by Crippen LogP contribution is -2.47. The van der Waals surface area contributed by atoms with Crippen LogP contribution in [0.25, 0.3) is 0 Å². The molecule has 1 aromatic carbocycles. The molecule has 2 bridgehead atoms. The Hall–Kier alpha value is -2.67. The zero-order valence-corrected chi connectivity index (χ0v) is 13.4. The van der Waals surface area contributed by atoms with Crippen molar-refractivity contribution in [2.45, 2.75) is 25.4 Å². The van der Waals surface area contributed by atoms with E-state index in [-0.39, 0.29) is 5.56 Å². The van der Waals surface area contributed by atoms with Crippen LogP contribution in [0.1, 0.15) is 22.3 Å². The van der Waals surface area contributed by atoms with Crippen LogP contribution in [0, 0.1) is 6.92 Å². The molecule has 2 N–H and O–H groups in total. The van der Waals surface area contributed by atoms with E-state index in [1.54, 1.807) is 5.48 Å². The maximum Gasteiger partial charge on any atom is 0.277 e. The van der Waals surface area contributed by atoms with Gasteiger partial charge >= 0.3 is 0 Å². The summed E-state index contributed by atoms with van der Waals surface area (Å²) in [5.74, 6) is 0.0376. The summed E-state index contributed by atoms with van der Waals surface area (Å²) in [6, 6.07) is 9.49. The minimum Gasteiger partial charge on any atom is -0.365 e. The first-order valence-corrected chi connectivity index (χ1v) is 8.02. The summed E-state index contributed by atoms with van der Waals surface area (Å²) in [6.07, 6.45) is 3.98. The van der Waals surface area contributed by atoms with Gasteiger partial charge in [0.1, 0.15) is 0 Å². The minimum absolute atomic E-state index is 0.242. The summed E-state index contributed by atoms with van der Waals surface area (Å²) < 4.78 is 0. The molecule has 0 radical (unpaired) electrons. The quantitative estimate of drug-likeness (QED) is 0.655. The number of benzene rings is 1. The van der Waals surface area contributed by atoms with Gasteiger partial charge in [-0.1, -0.05) is 17.7 Å². The molecule has 7 nitrogen and oxygen atoms in total. The fourth-order valence-corrected chi connectivity index (χ4v) is 3.62. The second kappa shape index (κ2) is 5.76. The van der Waals surface area contributed by atoms with Gasteiger partial charge in [0.2, 0.25) is 5.95 Å². The van der Waals surface area contributed by atoms with Crippen molar-refractivity contribution in [3.8, 4) is 0 Å². The number of carbonyl (C=O) groups is 1. The summed E-state index contributed by atoms with van der Waals surface area (Å²) in [5, 5.41) is 8.64. The molecule has 2 saturated heterocycles. The average molecular weight is 325 g/mol. The summed E-state index contributed by atoms with van der Waals surface area (Å²) in [5.41, 5.74) is 4.36. The Kier molecular flexibility index (Phi) is 3.57. The first-order valence-electron chi connectivity index (χ1n) is 8.02. The van der Waals surface area contributed by atoms with E-state index in [4.69, 9.17) is 5.21 Å². The highest BCUT2D eigenvalue weighted by Gasteiger charge is 2.44. The Bertz CT molecular complexity index is 747. The number of rotatable bonds is 3. The highest BCUT2D eigenvalue weighted by Crippen LogP contribution is 2.36. The monoisotopic (exact) mass is 325 g/mol. The molecule has 1 aromatic heterocycles. The Morgan fingerprint density at radius 2 is 1.75 bits per heavy atom. The highest BCUT2D eigenvalue weighted by molar-refractivity contribution is 5.92. The molecule has 2 aliphatic rings. The number of fused-ring (bicyclic) bond motifs is 2. The van der Waals surface area contributed by atoms with Gasteiger partial charge in [-0.05, 0) is 25.5 Å². The van der Waals surface area contributed by atoms with E-state index in [9.17, 15) is 4.79 Å². The molecular formula is C17H19N5O2. The minimum atomic E-state index is -0.602. The third kappa shape index (κ3) is 2.46. The van der Waals surface area contributed by atoms with Crippen molar-refractivity contribution in [3.05, 3.63) is 47.8 Å². The normalized spacial score (nSPS) is 22.1. The number of hydrogen-bond acceptors (Lipinski definition) is 6. The fraction of sp³-hybridized carbons (Fsp3) is 0.353. The average Bonchev–Trinajstić information content (AvgIpc) is 3.22. The molecule has 124 valence electrons. The Labute approximate surface area is 139 Å². The van der Waals surface area contributed by atoms with Crippen molar-refractivity contribution in [2.24, 2.45) is 0 Å². The van der Waals surface area contributed by atoms with Crippen LogP contribution in [0.5, 0.6) is 0 Å². The summed E-state index contributed by atoms with van der Waals surface area (Å²) >= 11 is 0. The molecule has 24 heavy (non-hydrogen) atoms. The molecular weight excluding hydrogens is 306 g/mol. The van der Waals surface area contributed by atoms with Crippen molar-refractivity contribution in [2.75, 3.05) is 22.9 Å². The standard InChI is InChI=1S/C17H19N5O2/c1-11-2-4-13(5-3-11)21-9-15-6-14(21)10-22(15)17-18-7-12(8-19-17)16(23)20-24/h2-5,7-8,14-15,24H,6,9-10H2,1H3,(H,20,23)/t14-,15-/m1/s1. The zero-order chi connectivity index (χ0) is 16.7. The van der Waals surface area contributed by atoms with Gasteiger partial charge in [0, 0.05) is 37.2 Å². The fourth-order valence-electron chi connectivity index (χ4n) is 3.62. The molecule has 2 fully saturated rings. The number of piperazine rings is 1. The number of anilines is 2. The van der Waals surface area contributed by atoms with E-state index in [1.807, 2.05) is 0 Å². The van der Waals surface area contributed by atoms with Crippen LogP contribution in [-0.2, 0) is 0 Å². The predicted molar refractivity (Wildman–Crippen MR) is 89.3 cm³/mol. The molecule has 7 heteroatoms. The van der Waals surface area contributed by atoms with Crippen LogP contribution in [0.3, 0.4) is 0 Å². The predicted octanol–water partition coefficient (Wildman–Crippen LogP) is 1.37. The van der Waals surface area contributed by atoms with Gasteiger partial charge in [-0.2, -0.15) is 0 Å². The van der Waals surface area contributed by atoms with E-state index in [1.165, 1.54) is 23.6 Å². The van der Waals surface area contributed by atoms with Crippen LogP contribution in [-0.4, -0.2) is 46.3 Å². The lowest BCUT2D eigenvalue weighted by atomic mass is 10.2. The Morgan fingerprint density at radius 1 is 1.12 bits per heavy atom. The van der Waals surface area contributed by atoms with E-state index < -0.39 is 5.91 Å². The largest absolute Gasteiger partial charge is 0.365 e. The van der Waals surface area contributed by atoms with Gasteiger partial charge in [-0.15, -0.1) is 0 Å². The summed E-state index contributed by atoms with van der Waals surface area (Å²) in [6.45, 7) is 3.93. The van der Waals surface area contributed by atoms with E-state index in [0.29, 0.717) is 18.0 Å². The SMILES string of the molecule is Cc1ccc(N2C[C@H]3C[C@@H]2CN3c2ncc(C(=O)NO)cn2)cc1. The van der Waals surface area contributed by atoms with Crippen molar-refractivity contribution in [1.29, 1.82) is 0 Å².